The molecule has 46 heavy (non-hydrogen) atoms. The van der Waals surface area contributed by atoms with Gasteiger partial charge < -0.3 is 18.9 Å². The first-order valence-corrected chi connectivity index (χ1v) is 16.9. The average molecular weight is 659 g/mol. The monoisotopic (exact) mass is 658 g/mol. The SMILES string of the molecule is CCOC(=O)COc1ccc(/C=c2\sc3n(c2=O)[C@@H](c2ccc(SC)cc2)C(C(=O)OCC)=C(c2ccccc2)N=3)cc1OCC. The van der Waals surface area contributed by atoms with Crippen LogP contribution in [0.5, 0.6) is 11.5 Å². The molecule has 0 amide bonds. The molecule has 0 unspecified atom stereocenters. The molecule has 11 heteroatoms. The summed E-state index contributed by atoms with van der Waals surface area (Å²) in [6.07, 6.45) is 3.75. The number of benzene rings is 3. The van der Waals surface area contributed by atoms with E-state index in [9.17, 15) is 14.4 Å². The van der Waals surface area contributed by atoms with Crippen molar-refractivity contribution in [1.29, 1.82) is 0 Å². The van der Waals surface area contributed by atoms with Crippen LogP contribution in [-0.2, 0) is 19.1 Å². The van der Waals surface area contributed by atoms with E-state index in [1.54, 1.807) is 54.5 Å². The first-order valence-electron chi connectivity index (χ1n) is 14.9. The van der Waals surface area contributed by atoms with Crippen molar-refractivity contribution in [3.8, 4) is 11.5 Å². The Morgan fingerprint density at radius 2 is 1.65 bits per heavy atom. The van der Waals surface area contributed by atoms with Crippen molar-refractivity contribution in [3.05, 3.63) is 115 Å². The fourth-order valence-electron chi connectivity index (χ4n) is 5.03. The lowest BCUT2D eigenvalue weighted by molar-refractivity contribution is -0.145. The van der Waals surface area contributed by atoms with E-state index >= 15 is 0 Å². The largest absolute Gasteiger partial charge is 0.490 e. The first-order chi connectivity index (χ1) is 22.4. The smallest absolute Gasteiger partial charge is 0.344 e. The van der Waals surface area contributed by atoms with Crippen molar-refractivity contribution in [2.45, 2.75) is 31.7 Å². The summed E-state index contributed by atoms with van der Waals surface area (Å²) >= 11 is 2.84. The second-order valence-electron chi connectivity index (χ2n) is 9.94. The highest BCUT2D eigenvalue weighted by Gasteiger charge is 2.35. The molecule has 0 radical (unpaired) electrons. The number of rotatable bonds is 12. The molecule has 1 aromatic heterocycles. The third-order valence-electron chi connectivity index (χ3n) is 7.02. The van der Waals surface area contributed by atoms with E-state index in [0.717, 1.165) is 16.0 Å². The van der Waals surface area contributed by atoms with Gasteiger partial charge in [-0.05, 0) is 68.5 Å². The number of fused-ring (bicyclic) bond motifs is 1. The average Bonchev–Trinajstić information content (AvgIpc) is 3.38. The summed E-state index contributed by atoms with van der Waals surface area (Å²) in [5, 5.41) is 0. The van der Waals surface area contributed by atoms with Crippen LogP contribution < -0.4 is 24.4 Å². The van der Waals surface area contributed by atoms with E-state index in [4.69, 9.17) is 23.9 Å². The van der Waals surface area contributed by atoms with Gasteiger partial charge in [0.05, 0.1) is 41.7 Å². The molecule has 1 aliphatic rings. The first kappa shape index (κ1) is 32.8. The topological polar surface area (TPSA) is 105 Å². The Hall–Kier alpha value is -4.61. The van der Waals surface area contributed by atoms with E-state index < -0.39 is 18.0 Å². The molecule has 0 spiro atoms. The Balaban J connectivity index is 1.67. The molecule has 0 aliphatic carbocycles. The van der Waals surface area contributed by atoms with Crippen molar-refractivity contribution in [3.63, 3.8) is 0 Å². The van der Waals surface area contributed by atoms with Crippen molar-refractivity contribution < 1.29 is 28.5 Å². The summed E-state index contributed by atoms with van der Waals surface area (Å²) in [6.45, 7) is 5.88. The molecule has 2 heterocycles. The number of esters is 2. The maximum atomic E-state index is 14.2. The molecule has 1 atom stereocenters. The molecule has 238 valence electrons. The summed E-state index contributed by atoms with van der Waals surface area (Å²) < 4.78 is 23.9. The predicted molar refractivity (Wildman–Crippen MR) is 179 cm³/mol. The van der Waals surface area contributed by atoms with Crippen LogP contribution >= 0.6 is 23.1 Å². The highest BCUT2D eigenvalue weighted by Crippen LogP contribution is 2.36. The lowest BCUT2D eigenvalue weighted by atomic mass is 9.93. The number of hydrogen-bond acceptors (Lipinski definition) is 10. The van der Waals surface area contributed by atoms with Gasteiger partial charge in [0, 0.05) is 10.5 Å². The quantitative estimate of drug-likeness (QED) is 0.155. The van der Waals surface area contributed by atoms with E-state index in [-0.39, 0.29) is 25.4 Å². The molecule has 5 rings (SSSR count). The second-order valence-corrected chi connectivity index (χ2v) is 11.8. The number of thioether (sulfide) groups is 1. The molecule has 1 aliphatic heterocycles. The highest BCUT2D eigenvalue weighted by atomic mass is 32.2. The maximum absolute atomic E-state index is 14.2. The fraction of sp³-hybridized carbons (Fsp3) is 0.257. The van der Waals surface area contributed by atoms with E-state index in [1.807, 2.05) is 67.8 Å². The molecule has 9 nitrogen and oxygen atoms in total. The fourth-order valence-corrected chi connectivity index (χ4v) is 6.44. The lowest BCUT2D eigenvalue weighted by Gasteiger charge is -2.26. The zero-order valence-electron chi connectivity index (χ0n) is 26.0. The lowest BCUT2D eigenvalue weighted by Crippen LogP contribution is -2.40. The van der Waals surface area contributed by atoms with Crippen LogP contribution in [-0.4, -0.2) is 49.2 Å². The van der Waals surface area contributed by atoms with Crippen LogP contribution in [0.15, 0.2) is 93.1 Å². The van der Waals surface area contributed by atoms with Gasteiger partial charge in [-0.2, -0.15) is 0 Å². The minimum Gasteiger partial charge on any atom is -0.490 e. The minimum atomic E-state index is -0.763. The van der Waals surface area contributed by atoms with Gasteiger partial charge in [0.1, 0.15) is 0 Å². The summed E-state index contributed by atoms with van der Waals surface area (Å²) in [4.78, 5) is 46.1. The van der Waals surface area contributed by atoms with Gasteiger partial charge in [-0.25, -0.2) is 14.6 Å². The van der Waals surface area contributed by atoms with Crippen LogP contribution in [0.25, 0.3) is 11.8 Å². The molecule has 0 saturated heterocycles. The Morgan fingerprint density at radius 1 is 0.913 bits per heavy atom. The van der Waals surface area contributed by atoms with E-state index in [1.165, 1.54) is 11.3 Å². The number of thiazole rings is 1. The Labute approximate surface area is 274 Å². The predicted octanol–water partition coefficient (Wildman–Crippen LogP) is 5.00. The van der Waals surface area contributed by atoms with Gasteiger partial charge in [0.15, 0.2) is 22.9 Å². The zero-order valence-corrected chi connectivity index (χ0v) is 27.6. The standard InChI is InChI=1S/C35H34N2O7S2/c1-5-41-27-19-22(13-18-26(27)44-21-29(38)42-6-2)20-28-33(39)37-32(24-14-16-25(45-4)17-15-24)30(34(40)43-7-3)31(36-35(37)46-28)23-11-9-8-10-12-23/h8-20,32H,5-7,21H2,1-4H3/b28-20-/t32-/m0/s1. The van der Waals surface area contributed by atoms with Crippen LogP contribution in [0.1, 0.15) is 43.5 Å². The number of carbonyl (C=O) groups is 2. The van der Waals surface area contributed by atoms with Gasteiger partial charge >= 0.3 is 11.9 Å². The number of hydrogen-bond donors (Lipinski definition) is 0. The third-order valence-corrected chi connectivity index (χ3v) is 8.75. The molecule has 3 aromatic carbocycles. The summed E-state index contributed by atoms with van der Waals surface area (Å²) in [5.74, 6) is -0.201. The Morgan fingerprint density at radius 3 is 2.33 bits per heavy atom. The minimum absolute atomic E-state index is 0.175. The van der Waals surface area contributed by atoms with E-state index in [2.05, 4.69) is 0 Å². The Bertz CT molecular complexity index is 1930. The van der Waals surface area contributed by atoms with Crippen molar-refractivity contribution in [2.75, 3.05) is 32.7 Å². The van der Waals surface area contributed by atoms with Crippen molar-refractivity contribution in [2.24, 2.45) is 4.99 Å². The summed E-state index contributed by atoms with van der Waals surface area (Å²) in [6, 6.07) is 21.7. The van der Waals surface area contributed by atoms with Gasteiger partial charge in [0.2, 0.25) is 0 Å². The third kappa shape index (κ3) is 7.11. The molecular weight excluding hydrogens is 625 g/mol. The van der Waals surface area contributed by atoms with Crippen LogP contribution in [0.2, 0.25) is 0 Å². The molecular formula is C35H34N2O7S2. The maximum Gasteiger partial charge on any atom is 0.344 e. The summed E-state index contributed by atoms with van der Waals surface area (Å²) in [5.41, 5.74) is 2.66. The van der Waals surface area contributed by atoms with Gasteiger partial charge in [-0.1, -0.05) is 59.9 Å². The number of carbonyl (C=O) groups excluding carboxylic acids is 2. The van der Waals surface area contributed by atoms with Crippen molar-refractivity contribution in [1.82, 2.24) is 4.57 Å². The second kappa shape index (κ2) is 15.1. The normalized spacial score (nSPS) is 14.3. The van der Waals surface area contributed by atoms with Crippen LogP contribution in [0.3, 0.4) is 0 Å². The number of nitrogens with zero attached hydrogens (tertiary/aromatic N) is 2. The molecule has 4 aromatic rings. The highest BCUT2D eigenvalue weighted by molar-refractivity contribution is 7.98. The molecule has 0 saturated carbocycles. The van der Waals surface area contributed by atoms with Crippen LogP contribution in [0, 0.1) is 0 Å². The van der Waals surface area contributed by atoms with Gasteiger partial charge in [-0.3, -0.25) is 9.36 Å². The Kier molecular flexibility index (Phi) is 10.8. The molecule has 0 bridgehead atoms. The van der Waals surface area contributed by atoms with E-state index in [0.29, 0.717) is 44.3 Å². The summed E-state index contributed by atoms with van der Waals surface area (Å²) in [7, 11) is 0. The van der Waals surface area contributed by atoms with Gasteiger partial charge in [-0.15, -0.1) is 11.8 Å². The molecule has 0 N–H and O–H groups in total. The van der Waals surface area contributed by atoms with Gasteiger partial charge in [0.25, 0.3) is 5.56 Å². The van der Waals surface area contributed by atoms with Crippen LogP contribution in [0.4, 0.5) is 0 Å². The molecule has 0 fully saturated rings. The number of ether oxygens (including phenoxy) is 4. The zero-order chi connectivity index (χ0) is 32.6. The van der Waals surface area contributed by atoms with Crippen molar-refractivity contribution >= 4 is 46.8 Å². The number of aromatic nitrogens is 1.